The van der Waals surface area contributed by atoms with Crippen molar-refractivity contribution in [3.8, 4) is 0 Å². The zero-order chi connectivity index (χ0) is 21.6. The first kappa shape index (κ1) is 38.2. The molecule has 0 saturated heterocycles. The van der Waals surface area contributed by atoms with E-state index in [0.29, 0.717) is 0 Å². The number of hydrogen-bond donors (Lipinski definition) is 0. The Morgan fingerprint density at radius 3 is 1.39 bits per heavy atom. The Hall–Kier alpha value is -0.119. The van der Waals surface area contributed by atoms with Crippen LogP contribution in [-0.2, 0) is 26.5 Å². The van der Waals surface area contributed by atoms with Gasteiger partial charge in [-0.05, 0) is 12.8 Å². The van der Waals surface area contributed by atoms with E-state index in [1.54, 1.807) is 0 Å². The molecule has 0 aromatic heterocycles. The molecular formula is C27H52NOSiTi. The number of allylic oxidation sites excluding steroid dienone is 4. The third-order valence-corrected chi connectivity index (χ3v) is 6.04. The molecule has 2 rings (SSSR count). The standard InChI is InChI=1S/C13H25NO.C10H15.C2H7Si.2CH3.Ti/c14-13(15)12-10-8-6-4-2-1-3-5-7-9-11-12;1-7-6-10(4,5)9(3)8(7)2;1-3-2;;;/h12H,1-11H2,(H2,14,15);1-5H3;3H,1-2H3;2*1H3;/q;-1;;2*-1;+4/p-1. The number of rotatable bonds is 1. The van der Waals surface area contributed by atoms with Crippen LogP contribution in [0.4, 0.5) is 0 Å². The molecule has 0 aromatic rings. The fraction of sp³-hybridized carbons (Fsp3) is 0.741. The quantitative estimate of drug-likeness (QED) is 0.271. The number of amides is 1. The van der Waals surface area contributed by atoms with Crippen molar-refractivity contribution in [1.82, 2.24) is 0 Å². The van der Waals surface area contributed by atoms with Crippen LogP contribution in [0.1, 0.15) is 105 Å². The summed E-state index contributed by atoms with van der Waals surface area (Å²) in [6.07, 6.45) is 16.9. The van der Waals surface area contributed by atoms with E-state index in [2.05, 4.69) is 53.8 Å². The van der Waals surface area contributed by atoms with Gasteiger partial charge in [0.2, 0.25) is 0 Å². The first-order valence-electron chi connectivity index (χ1n) is 11.5. The van der Waals surface area contributed by atoms with Crippen LogP contribution in [-0.4, -0.2) is 15.4 Å². The van der Waals surface area contributed by atoms with Gasteiger partial charge in [0.1, 0.15) is 0 Å². The number of hydrogen-bond acceptors (Lipinski definition) is 1. The Morgan fingerprint density at radius 1 is 0.871 bits per heavy atom. The summed E-state index contributed by atoms with van der Waals surface area (Å²) in [4.78, 5) is 11.1. The predicted octanol–water partition coefficient (Wildman–Crippen LogP) is 9.02. The van der Waals surface area contributed by atoms with Gasteiger partial charge in [0.05, 0.1) is 5.91 Å². The Labute approximate surface area is 214 Å². The van der Waals surface area contributed by atoms with E-state index in [1.165, 1.54) is 61.7 Å². The molecule has 4 heteroatoms. The SMILES string of the molecule is CC1=[C-]C(C)(C)C(C)=C1C.C[SiH]C.[CH3-].[CH3-].[NH-]C(=O)C1CCCCCCCCCCC1.[Ti+4]. The van der Waals surface area contributed by atoms with Crippen LogP contribution >= 0.6 is 0 Å². The molecule has 0 atom stereocenters. The summed E-state index contributed by atoms with van der Waals surface area (Å²) in [5, 5.41) is 0. The van der Waals surface area contributed by atoms with Crippen LogP contribution in [0.15, 0.2) is 16.7 Å². The van der Waals surface area contributed by atoms with Crippen molar-refractivity contribution in [3.63, 3.8) is 0 Å². The summed E-state index contributed by atoms with van der Waals surface area (Å²) >= 11 is 0. The third kappa shape index (κ3) is 17.1. The molecule has 2 aliphatic carbocycles. The molecule has 1 radical (unpaired) electrons. The number of carbonyl (C=O) groups is 1. The van der Waals surface area contributed by atoms with Gasteiger partial charge in [0, 0.05) is 15.4 Å². The molecule has 1 amide bonds. The van der Waals surface area contributed by atoms with Crippen molar-refractivity contribution in [2.24, 2.45) is 11.3 Å². The molecule has 0 aliphatic heterocycles. The molecule has 179 valence electrons. The molecule has 1 saturated carbocycles. The smallest absolute Gasteiger partial charge is 0.668 e. The summed E-state index contributed by atoms with van der Waals surface area (Å²) < 4.78 is 0. The molecule has 2 nitrogen and oxygen atoms in total. The average molecular weight is 483 g/mol. The number of nitrogens with one attached hydrogen (secondary N) is 1. The molecule has 0 aromatic carbocycles. The minimum absolute atomic E-state index is 0. The van der Waals surface area contributed by atoms with E-state index in [9.17, 15) is 4.79 Å². The van der Waals surface area contributed by atoms with Crippen LogP contribution < -0.4 is 0 Å². The van der Waals surface area contributed by atoms with Gasteiger partial charge in [-0.15, -0.1) is 6.92 Å². The monoisotopic (exact) mass is 482 g/mol. The fourth-order valence-corrected chi connectivity index (χ4v) is 3.83. The second-order valence-corrected chi connectivity index (χ2v) is 10.2. The summed E-state index contributed by atoms with van der Waals surface area (Å²) in [6, 6.07) is 0. The van der Waals surface area contributed by atoms with Crippen molar-refractivity contribution in [1.29, 1.82) is 0 Å². The summed E-state index contributed by atoms with van der Waals surface area (Å²) in [5.74, 6) is -0.281. The molecule has 0 bridgehead atoms. The Morgan fingerprint density at radius 2 is 1.19 bits per heavy atom. The molecule has 1 N–H and O–H groups in total. The summed E-state index contributed by atoms with van der Waals surface area (Å²) in [6.45, 7) is 15.3. The van der Waals surface area contributed by atoms with E-state index in [1.807, 2.05) is 0 Å². The largest absolute Gasteiger partial charge is 4.00 e. The number of carbonyl (C=O) groups excluding carboxylic acids is 1. The van der Waals surface area contributed by atoms with Crippen LogP contribution in [0.25, 0.3) is 5.73 Å². The second-order valence-electron chi connectivity index (χ2n) is 9.02. The molecular weight excluding hydrogens is 430 g/mol. The third-order valence-electron chi connectivity index (χ3n) is 6.04. The van der Waals surface area contributed by atoms with Gasteiger partial charge in [0.15, 0.2) is 0 Å². The van der Waals surface area contributed by atoms with E-state index >= 15 is 0 Å². The molecule has 0 unspecified atom stereocenters. The maximum Gasteiger partial charge on any atom is 4.00 e. The van der Waals surface area contributed by atoms with Crippen molar-refractivity contribution < 1.29 is 26.5 Å². The fourth-order valence-electron chi connectivity index (χ4n) is 3.83. The Bertz CT molecular complexity index is 499. The molecule has 1 fully saturated rings. The van der Waals surface area contributed by atoms with Crippen molar-refractivity contribution in [3.05, 3.63) is 43.4 Å². The summed E-state index contributed by atoms with van der Waals surface area (Å²) in [5.41, 5.74) is 11.6. The summed E-state index contributed by atoms with van der Waals surface area (Å²) in [7, 11) is 0.750. The maximum atomic E-state index is 11.1. The first-order valence-corrected chi connectivity index (χ1v) is 13.8. The van der Waals surface area contributed by atoms with Gasteiger partial charge < -0.3 is 25.4 Å². The predicted molar refractivity (Wildman–Crippen MR) is 140 cm³/mol. The topological polar surface area (TPSA) is 40.9 Å². The first-order chi connectivity index (χ1) is 13.2. The molecule has 0 spiro atoms. The van der Waals surface area contributed by atoms with E-state index in [0.717, 1.165) is 35.2 Å². The minimum atomic E-state index is -0.327. The van der Waals surface area contributed by atoms with Crippen LogP contribution in [0.3, 0.4) is 0 Å². The normalized spacial score (nSPS) is 19.1. The van der Waals surface area contributed by atoms with Gasteiger partial charge in [0.25, 0.3) is 0 Å². The molecule has 0 heterocycles. The zero-order valence-electron chi connectivity index (χ0n) is 22.3. The average Bonchev–Trinajstić information content (AvgIpc) is 2.78. The van der Waals surface area contributed by atoms with Gasteiger partial charge in [-0.3, -0.25) is 6.08 Å². The van der Waals surface area contributed by atoms with Crippen LogP contribution in [0, 0.1) is 32.3 Å². The van der Waals surface area contributed by atoms with E-state index in [-0.39, 0.29) is 53.8 Å². The Kier molecular flexibility index (Phi) is 26.7. The van der Waals surface area contributed by atoms with Crippen molar-refractivity contribution >= 4 is 15.4 Å². The van der Waals surface area contributed by atoms with Crippen molar-refractivity contribution in [2.45, 2.75) is 118 Å². The second kappa shape index (κ2) is 21.7. The van der Waals surface area contributed by atoms with Crippen LogP contribution in [0.2, 0.25) is 13.1 Å². The van der Waals surface area contributed by atoms with Gasteiger partial charge in [-0.25, -0.2) is 5.57 Å². The minimum Gasteiger partial charge on any atom is -0.668 e. The zero-order valence-corrected chi connectivity index (χ0v) is 25.1. The molecule has 2 aliphatic rings. The van der Waals surface area contributed by atoms with E-state index < -0.39 is 0 Å². The van der Waals surface area contributed by atoms with Gasteiger partial charge in [-0.1, -0.05) is 104 Å². The van der Waals surface area contributed by atoms with Gasteiger partial charge >= 0.3 is 21.7 Å². The Balaban J connectivity index is -0.000000200. The van der Waals surface area contributed by atoms with Gasteiger partial charge in [-0.2, -0.15) is 11.1 Å². The maximum absolute atomic E-state index is 11.1. The van der Waals surface area contributed by atoms with Crippen molar-refractivity contribution in [2.75, 3.05) is 0 Å². The van der Waals surface area contributed by atoms with Crippen LogP contribution in [0.5, 0.6) is 0 Å². The van der Waals surface area contributed by atoms with E-state index in [4.69, 9.17) is 5.73 Å². The molecule has 31 heavy (non-hydrogen) atoms.